The van der Waals surface area contributed by atoms with E-state index in [2.05, 4.69) is 9.97 Å². The first-order valence-electron chi connectivity index (χ1n) is 38.3. The number of halogens is 5. The average Bonchev–Trinajstić information content (AvgIpc) is 1.64. The van der Waals surface area contributed by atoms with Gasteiger partial charge < -0.3 is 95.2 Å². The van der Waals surface area contributed by atoms with Crippen LogP contribution in [0.3, 0.4) is 0 Å². The van der Waals surface area contributed by atoms with Gasteiger partial charge in [0.15, 0.2) is 59.9 Å². The number of ether oxygens (including phenoxy) is 18. The smallest absolute Gasteiger partial charge is 0.303 e. The van der Waals surface area contributed by atoms with E-state index in [0.29, 0.717) is 11.1 Å². The minimum atomic E-state index is -2.47. The Kier molecular flexibility index (Phi) is 27.9. The number of nitrogens with zero attached hydrogens (tertiary/aromatic N) is 2. The fraction of sp³-hybridized carbons (Fsp3) is 0.349. The van der Waals surface area contributed by atoms with Crippen molar-refractivity contribution < 1.29 is 165 Å². The second-order valence-electron chi connectivity index (χ2n) is 28.6. The quantitative estimate of drug-likeness (QED) is 0.0176. The average molecular weight is 1740 g/mol. The number of carbonyl (C=O) groups excluding carboxylic acids is 12. The summed E-state index contributed by atoms with van der Waals surface area (Å²) in [6.45, 7) is 10.9. The summed E-state index contributed by atoms with van der Waals surface area (Å²) < 4.78 is 185. The molecule has 125 heavy (non-hydrogen) atoms. The fourth-order valence-corrected chi connectivity index (χ4v) is 14.6. The van der Waals surface area contributed by atoms with Crippen LogP contribution in [0, 0.1) is 29.1 Å². The van der Waals surface area contributed by atoms with Crippen molar-refractivity contribution in [1.29, 1.82) is 0 Å². The third-order valence-corrected chi connectivity index (χ3v) is 19.2. The lowest BCUT2D eigenvalue weighted by atomic mass is 9.98. The molecule has 2 N–H and O–H groups in total. The van der Waals surface area contributed by atoms with E-state index in [9.17, 15) is 57.5 Å². The highest BCUT2D eigenvalue weighted by Gasteiger charge is 2.57. The van der Waals surface area contributed by atoms with E-state index in [1.807, 2.05) is 0 Å². The monoisotopic (exact) mass is 1740 g/mol. The molecule has 0 spiro atoms. The highest BCUT2D eigenvalue weighted by molar-refractivity contribution is 6.00. The second-order valence-corrected chi connectivity index (χ2v) is 28.6. The van der Waals surface area contributed by atoms with E-state index in [1.54, 1.807) is 36.4 Å². The van der Waals surface area contributed by atoms with Crippen LogP contribution in [0.1, 0.15) is 106 Å². The SMILES string of the molecule is CC(=O)OC[C@H]1O[C@@H](Oc2ccc(-c3c4nc(c(-c5ccc(O[C@@H]6O[C@H](COC(C)=O)[C@@H](OC(C)=O)[C@H](OC(C)=O)[C@H]6OC(C)=O)cc5)c5ccc([nH]5)c(-c5c(F)c(F)c(F)c(F)c5F)c5nc(c(-c6ccc(O[C@@H]7O[C@H](COC(C)=O)[C@@H](OC(C)=O)[C@H](OC(C)=O)[C@H]7OC(C)=O)cc6)c6ccc3[nH]6)C=C5)C=C4)cc2)[C@H](OC(C)=O)[C@@H](OC(C)=O)[C@@H]1OC(C)=O. The van der Waals surface area contributed by atoms with Gasteiger partial charge in [0.05, 0.1) is 28.3 Å². The van der Waals surface area contributed by atoms with Crippen molar-refractivity contribution in [3.05, 3.63) is 149 Å². The van der Waals surface area contributed by atoms with Crippen LogP contribution in [0.15, 0.2) is 97.1 Å². The topological polar surface area (TPSA) is 428 Å². The number of carbonyl (C=O) groups is 12. The maximum Gasteiger partial charge on any atom is 0.303 e. The molecule has 3 aromatic heterocycles. The van der Waals surface area contributed by atoms with Gasteiger partial charge in [-0.1, -0.05) is 36.4 Å². The van der Waals surface area contributed by atoms with Crippen molar-refractivity contribution in [3.8, 4) is 61.8 Å². The van der Waals surface area contributed by atoms with Crippen LogP contribution in [0.5, 0.6) is 17.2 Å². The minimum absolute atomic E-state index is 0.00361. The number of rotatable bonds is 25. The molecule has 0 aliphatic carbocycles. The number of aromatic amines is 2. The molecule has 0 amide bonds. The van der Waals surface area contributed by atoms with E-state index in [-0.39, 0.29) is 84.3 Å². The van der Waals surface area contributed by atoms with Crippen molar-refractivity contribution in [1.82, 2.24) is 19.9 Å². The van der Waals surface area contributed by atoms with Crippen molar-refractivity contribution >= 4 is 118 Å². The minimum Gasteiger partial charge on any atom is -0.463 e. The van der Waals surface area contributed by atoms with Gasteiger partial charge in [-0.2, -0.15) is 0 Å². The molecule has 5 aliphatic rings. The van der Waals surface area contributed by atoms with E-state index >= 15 is 22.0 Å². The van der Waals surface area contributed by atoms with Crippen LogP contribution < -0.4 is 14.2 Å². The number of nitrogens with one attached hydrogen (secondary N) is 2. The normalized spacial score (nSPS) is 22.4. The van der Waals surface area contributed by atoms with Gasteiger partial charge in [0.1, 0.15) is 55.4 Å². The Hall–Kier alpha value is -14.0. The van der Waals surface area contributed by atoms with Crippen molar-refractivity contribution in [3.63, 3.8) is 0 Å². The number of H-pyrrole nitrogens is 2. The Bertz CT molecular complexity index is 5490. The third kappa shape index (κ3) is 21.1. The molecule has 7 aromatic rings. The lowest BCUT2D eigenvalue weighted by Gasteiger charge is -2.43. The highest BCUT2D eigenvalue weighted by Crippen LogP contribution is 2.44. The molecule has 34 nitrogen and oxygen atoms in total. The molecule has 12 rings (SSSR count). The molecule has 0 unspecified atom stereocenters. The van der Waals surface area contributed by atoms with Crippen LogP contribution in [-0.2, 0) is 129 Å². The van der Waals surface area contributed by atoms with E-state index in [4.69, 9.17) is 95.2 Å². The summed E-state index contributed by atoms with van der Waals surface area (Å²) in [4.78, 5) is 168. The number of aromatic nitrogens is 4. The van der Waals surface area contributed by atoms with Crippen molar-refractivity contribution in [2.75, 3.05) is 19.8 Å². The first-order chi connectivity index (χ1) is 59.4. The molecule has 15 atom stereocenters. The van der Waals surface area contributed by atoms with Gasteiger partial charge in [-0.25, -0.2) is 31.9 Å². The third-order valence-electron chi connectivity index (χ3n) is 19.2. The summed E-state index contributed by atoms with van der Waals surface area (Å²) in [5, 5.41) is 0. The predicted molar refractivity (Wildman–Crippen MR) is 418 cm³/mol. The van der Waals surface area contributed by atoms with Gasteiger partial charge >= 0.3 is 71.6 Å². The van der Waals surface area contributed by atoms with Crippen LogP contribution in [0.2, 0.25) is 0 Å². The van der Waals surface area contributed by atoms with Crippen LogP contribution in [0.4, 0.5) is 22.0 Å². The van der Waals surface area contributed by atoms with Crippen LogP contribution in [-0.4, -0.2) is 204 Å². The van der Waals surface area contributed by atoms with E-state index < -0.39 is 224 Å². The summed E-state index contributed by atoms with van der Waals surface area (Å²) in [6, 6.07) is 23.7. The standard InChI is InChI=1S/C86H79F5N4O30/c1-36(96)108-33-62-75(111-39(4)99)78(114-42(7)102)81(117-45(10)105)84(123-62)120-51-19-13-48(14-20-51)65-54-25-27-56(92-54)66(49-15-21-52(22-16-49)121-85-82(118-46(11)106)79(115-43(8)103)76(112-40(5)100)63(124-85)34-109-37(2)97)58-29-31-60(94-58)68(69-70(87)72(89)74(91)73(90)71(69)88)61-32-30-59(95-61)67(57-28-26-55(65)93-57)50-17-23-53(24-18-50)122-86-83(119-47(12)107)80(116-44(9)104)77(113-41(6)101)64(125-86)35-110-38(3)98/h13-32,62-64,75-86,92,95H,33-35H2,1-12H3/t62-,63-,64-,75-,76-,77-,78+,79+,80+,81-,82-,83-,84-,85-,86-/m1/s1. The molecular formula is C86H79F5N4O30. The molecule has 658 valence electrons. The van der Waals surface area contributed by atoms with Crippen LogP contribution >= 0.6 is 0 Å². The maximum atomic E-state index is 16.9. The largest absolute Gasteiger partial charge is 0.463 e. The number of fused-ring (bicyclic) bond motifs is 8. The number of hydrogen-bond donors (Lipinski definition) is 2. The van der Waals surface area contributed by atoms with Gasteiger partial charge in [0.2, 0.25) is 43.0 Å². The lowest BCUT2D eigenvalue weighted by molar-refractivity contribution is -0.288. The molecule has 39 heteroatoms. The second kappa shape index (κ2) is 38.6. The molecule has 3 saturated heterocycles. The first-order valence-corrected chi connectivity index (χ1v) is 38.3. The van der Waals surface area contributed by atoms with Crippen LogP contribution in [0.25, 0.3) is 90.9 Å². The zero-order valence-corrected chi connectivity index (χ0v) is 68.4. The summed E-state index contributed by atoms with van der Waals surface area (Å²) in [7, 11) is 0. The van der Waals surface area contributed by atoms with E-state index in [1.165, 1.54) is 84.9 Å². The van der Waals surface area contributed by atoms with Gasteiger partial charge in [0.25, 0.3) is 0 Å². The first kappa shape index (κ1) is 90.3. The van der Waals surface area contributed by atoms with Gasteiger partial charge in [-0.3, -0.25) is 57.5 Å². The zero-order chi connectivity index (χ0) is 90.3. The van der Waals surface area contributed by atoms with Crippen molar-refractivity contribution in [2.45, 2.75) is 175 Å². The zero-order valence-electron chi connectivity index (χ0n) is 68.4. The predicted octanol–water partition coefficient (Wildman–Crippen LogP) is 10.4. The molecule has 8 bridgehead atoms. The molecule has 8 heterocycles. The van der Waals surface area contributed by atoms with Gasteiger partial charge in [-0.15, -0.1) is 0 Å². The van der Waals surface area contributed by atoms with Gasteiger partial charge in [-0.05, 0) is 102 Å². The summed E-state index contributed by atoms with van der Waals surface area (Å²) in [5.41, 5.74) is -0.407. The molecule has 3 fully saturated rings. The molecule has 5 aliphatic heterocycles. The molecule has 4 aromatic carbocycles. The Morgan fingerprint density at radius 1 is 0.272 bits per heavy atom. The Labute approximate surface area is 705 Å². The van der Waals surface area contributed by atoms with Gasteiger partial charge in [0, 0.05) is 127 Å². The maximum absolute atomic E-state index is 16.9. The molecule has 0 saturated carbocycles. The van der Waals surface area contributed by atoms with Crippen molar-refractivity contribution in [2.24, 2.45) is 0 Å². The fourth-order valence-electron chi connectivity index (χ4n) is 14.6. The number of benzene rings is 4. The summed E-state index contributed by atoms with van der Waals surface area (Å²) in [6.07, 6.45) is -18.0. The number of esters is 12. The lowest BCUT2D eigenvalue weighted by Crippen LogP contribution is -2.63. The van der Waals surface area contributed by atoms with E-state index in [0.717, 1.165) is 83.1 Å². The molecular weight excluding hydrogens is 1660 g/mol. The summed E-state index contributed by atoms with van der Waals surface area (Å²) >= 11 is 0. The summed E-state index contributed by atoms with van der Waals surface area (Å²) in [5.74, 6) is -22.2. The highest BCUT2D eigenvalue weighted by atomic mass is 19.2. The Morgan fingerprint density at radius 2 is 0.488 bits per heavy atom. The Morgan fingerprint density at radius 3 is 0.728 bits per heavy atom. The molecule has 0 radical (unpaired) electrons. The Balaban J connectivity index is 1.06. The number of hydrogen-bond acceptors (Lipinski definition) is 32.